The highest BCUT2D eigenvalue weighted by Gasteiger charge is 2.14. The number of benzene rings is 1. The third-order valence-electron chi connectivity index (χ3n) is 2.90. The fourth-order valence-corrected chi connectivity index (χ4v) is 2.44. The Morgan fingerprint density at radius 1 is 1.17 bits per heavy atom. The first-order valence-electron chi connectivity index (χ1n) is 7.00. The van der Waals surface area contributed by atoms with Gasteiger partial charge in [-0.05, 0) is 18.6 Å². The lowest BCUT2D eigenvalue weighted by Crippen LogP contribution is -2.24. The minimum absolute atomic E-state index is 0.161. The van der Waals surface area contributed by atoms with E-state index >= 15 is 0 Å². The van der Waals surface area contributed by atoms with E-state index in [2.05, 4.69) is 15.6 Å². The zero-order chi connectivity index (χ0) is 16.8. The molecule has 0 spiro atoms. The van der Waals surface area contributed by atoms with Crippen molar-refractivity contribution in [2.75, 3.05) is 11.9 Å². The van der Waals surface area contributed by atoms with Gasteiger partial charge in [0.15, 0.2) is 5.13 Å². The van der Waals surface area contributed by atoms with Gasteiger partial charge in [0.1, 0.15) is 17.3 Å². The van der Waals surface area contributed by atoms with Crippen LogP contribution in [0.15, 0.2) is 23.6 Å². The monoisotopic (exact) mass is 339 g/mol. The first kappa shape index (κ1) is 17.0. The largest absolute Gasteiger partial charge is 0.351 e. The van der Waals surface area contributed by atoms with Crippen molar-refractivity contribution in [3.8, 4) is 0 Å². The minimum Gasteiger partial charge on any atom is -0.351 e. The van der Waals surface area contributed by atoms with Gasteiger partial charge in [-0.2, -0.15) is 0 Å². The van der Waals surface area contributed by atoms with Gasteiger partial charge in [0.25, 0.3) is 11.8 Å². The number of carbonyl (C=O) groups is 2. The lowest BCUT2D eigenvalue weighted by atomic mass is 10.2. The van der Waals surface area contributed by atoms with E-state index in [1.807, 2.05) is 6.92 Å². The highest BCUT2D eigenvalue weighted by molar-refractivity contribution is 7.14. The quantitative estimate of drug-likeness (QED) is 0.794. The first-order valence-corrected chi connectivity index (χ1v) is 7.88. The van der Waals surface area contributed by atoms with Crippen LogP contribution in [0.3, 0.4) is 0 Å². The Kier molecular flexibility index (Phi) is 5.75. The van der Waals surface area contributed by atoms with Crippen molar-refractivity contribution < 1.29 is 18.4 Å². The number of nitrogens with zero attached hydrogens (tertiary/aromatic N) is 1. The molecule has 2 aromatic rings. The van der Waals surface area contributed by atoms with E-state index in [0.29, 0.717) is 12.6 Å². The Hall–Kier alpha value is -2.35. The molecule has 0 atom stereocenters. The number of aromatic nitrogens is 1. The van der Waals surface area contributed by atoms with Crippen molar-refractivity contribution in [2.45, 2.75) is 19.8 Å². The molecule has 0 bridgehead atoms. The summed E-state index contributed by atoms with van der Waals surface area (Å²) in [6, 6.07) is 2.52. The second-order valence-corrected chi connectivity index (χ2v) is 5.62. The third kappa shape index (κ3) is 4.82. The van der Waals surface area contributed by atoms with E-state index in [9.17, 15) is 18.4 Å². The van der Waals surface area contributed by atoms with E-state index in [1.54, 1.807) is 0 Å². The van der Waals surface area contributed by atoms with Crippen LogP contribution in [0.4, 0.5) is 13.9 Å². The molecule has 0 aliphatic rings. The summed E-state index contributed by atoms with van der Waals surface area (Å²) in [7, 11) is 0. The molecule has 0 saturated heterocycles. The molecule has 122 valence electrons. The zero-order valence-corrected chi connectivity index (χ0v) is 13.2. The van der Waals surface area contributed by atoms with Crippen molar-refractivity contribution >= 4 is 28.3 Å². The molecule has 2 N–H and O–H groups in total. The number of hydrogen-bond donors (Lipinski definition) is 2. The Balaban J connectivity index is 2.01. The number of anilines is 1. The molecule has 23 heavy (non-hydrogen) atoms. The van der Waals surface area contributed by atoms with Crippen LogP contribution in [0.5, 0.6) is 0 Å². The van der Waals surface area contributed by atoms with Crippen LogP contribution in [-0.2, 0) is 0 Å². The Labute approximate surface area is 135 Å². The predicted octanol–water partition coefficient (Wildman–Crippen LogP) is 3.20. The van der Waals surface area contributed by atoms with E-state index in [-0.39, 0.29) is 22.3 Å². The van der Waals surface area contributed by atoms with Crippen LogP contribution in [0.25, 0.3) is 0 Å². The molecule has 2 rings (SSSR count). The number of rotatable bonds is 6. The SMILES string of the molecule is CCCCNC(=O)c1csc(NC(=O)c2cc(F)cc(F)c2)n1. The lowest BCUT2D eigenvalue weighted by Gasteiger charge is -2.02. The molecule has 0 radical (unpaired) electrons. The molecule has 1 aromatic carbocycles. The van der Waals surface area contributed by atoms with Gasteiger partial charge < -0.3 is 5.32 Å². The van der Waals surface area contributed by atoms with Crippen LogP contribution in [0, 0.1) is 11.6 Å². The lowest BCUT2D eigenvalue weighted by molar-refractivity contribution is 0.0947. The van der Waals surface area contributed by atoms with Gasteiger partial charge >= 0.3 is 0 Å². The maximum atomic E-state index is 13.1. The summed E-state index contributed by atoms with van der Waals surface area (Å²) in [5, 5.41) is 6.80. The number of nitrogens with one attached hydrogen (secondary N) is 2. The normalized spacial score (nSPS) is 10.4. The van der Waals surface area contributed by atoms with Crippen LogP contribution in [0.2, 0.25) is 0 Å². The van der Waals surface area contributed by atoms with Gasteiger partial charge in [0, 0.05) is 23.6 Å². The van der Waals surface area contributed by atoms with Gasteiger partial charge in [-0.25, -0.2) is 13.8 Å². The zero-order valence-electron chi connectivity index (χ0n) is 12.4. The first-order chi connectivity index (χ1) is 11.0. The molecule has 0 fully saturated rings. The molecular weight excluding hydrogens is 324 g/mol. The number of hydrogen-bond acceptors (Lipinski definition) is 4. The standard InChI is InChI=1S/C15H15F2N3O2S/c1-2-3-4-18-14(22)12-8-23-15(19-12)20-13(21)9-5-10(16)7-11(17)6-9/h5-8H,2-4H2,1H3,(H,18,22)(H,19,20,21). The Morgan fingerprint density at radius 3 is 2.52 bits per heavy atom. The summed E-state index contributed by atoms with van der Waals surface area (Å²) in [5.41, 5.74) is 0.0264. The number of carbonyl (C=O) groups excluding carboxylic acids is 2. The van der Waals surface area contributed by atoms with Crippen LogP contribution < -0.4 is 10.6 Å². The van der Waals surface area contributed by atoms with Gasteiger partial charge in [0.2, 0.25) is 0 Å². The summed E-state index contributed by atoms with van der Waals surface area (Å²) in [6.45, 7) is 2.56. The van der Waals surface area contributed by atoms with Crippen molar-refractivity contribution in [3.63, 3.8) is 0 Å². The average molecular weight is 339 g/mol. The molecule has 2 amide bonds. The average Bonchev–Trinajstić information content (AvgIpc) is 2.95. The van der Waals surface area contributed by atoms with Crippen LogP contribution >= 0.6 is 11.3 Å². The van der Waals surface area contributed by atoms with Crippen molar-refractivity contribution in [1.29, 1.82) is 0 Å². The highest BCUT2D eigenvalue weighted by Crippen LogP contribution is 2.17. The molecule has 5 nitrogen and oxygen atoms in total. The number of halogens is 2. The smallest absolute Gasteiger partial charge is 0.270 e. The summed E-state index contributed by atoms with van der Waals surface area (Å²) >= 11 is 1.06. The Bertz CT molecular complexity index is 698. The van der Waals surface area contributed by atoms with Crippen LogP contribution in [-0.4, -0.2) is 23.3 Å². The number of thiazole rings is 1. The second-order valence-electron chi connectivity index (χ2n) is 4.76. The van der Waals surface area contributed by atoms with E-state index in [4.69, 9.17) is 0 Å². The molecule has 0 aliphatic heterocycles. The van der Waals surface area contributed by atoms with Gasteiger partial charge in [-0.1, -0.05) is 13.3 Å². The minimum atomic E-state index is -0.842. The molecule has 0 unspecified atom stereocenters. The fourth-order valence-electron chi connectivity index (χ4n) is 1.76. The number of unbranched alkanes of at least 4 members (excludes halogenated alkanes) is 1. The fraction of sp³-hybridized carbons (Fsp3) is 0.267. The second kappa shape index (κ2) is 7.77. The third-order valence-corrected chi connectivity index (χ3v) is 3.66. The molecule has 0 aliphatic carbocycles. The van der Waals surface area contributed by atoms with E-state index in [0.717, 1.165) is 36.3 Å². The van der Waals surface area contributed by atoms with E-state index in [1.165, 1.54) is 5.38 Å². The summed E-state index contributed by atoms with van der Waals surface area (Å²) in [6.07, 6.45) is 1.83. The molecule has 1 heterocycles. The van der Waals surface area contributed by atoms with Crippen molar-refractivity contribution in [1.82, 2.24) is 10.3 Å². The number of amides is 2. The van der Waals surface area contributed by atoms with E-state index < -0.39 is 17.5 Å². The summed E-state index contributed by atoms with van der Waals surface area (Å²) in [5.74, 6) is -2.71. The molecule has 1 aromatic heterocycles. The van der Waals surface area contributed by atoms with Crippen LogP contribution in [0.1, 0.15) is 40.6 Å². The highest BCUT2D eigenvalue weighted by atomic mass is 32.1. The molecule has 0 saturated carbocycles. The predicted molar refractivity (Wildman–Crippen MR) is 83.7 cm³/mol. The Morgan fingerprint density at radius 2 is 1.87 bits per heavy atom. The molecular formula is C15H15F2N3O2S. The summed E-state index contributed by atoms with van der Waals surface area (Å²) in [4.78, 5) is 27.7. The summed E-state index contributed by atoms with van der Waals surface area (Å²) < 4.78 is 26.2. The maximum Gasteiger partial charge on any atom is 0.270 e. The van der Waals surface area contributed by atoms with Gasteiger partial charge in [-0.15, -0.1) is 11.3 Å². The topological polar surface area (TPSA) is 71.1 Å². The molecule has 8 heteroatoms. The van der Waals surface area contributed by atoms with Crippen molar-refractivity contribution in [3.05, 3.63) is 46.5 Å². The van der Waals surface area contributed by atoms with Gasteiger partial charge in [0.05, 0.1) is 0 Å². The maximum absolute atomic E-state index is 13.1. The van der Waals surface area contributed by atoms with Gasteiger partial charge in [-0.3, -0.25) is 14.9 Å². The van der Waals surface area contributed by atoms with Crippen molar-refractivity contribution in [2.24, 2.45) is 0 Å².